The summed E-state index contributed by atoms with van der Waals surface area (Å²) < 4.78 is 0. The Bertz CT molecular complexity index is 588. The van der Waals surface area contributed by atoms with Crippen LogP contribution < -0.4 is 10.6 Å². The van der Waals surface area contributed by atoms with E-state index in [-0.39, 0.29) is 41.3 Å². The molecule has 0 aliphatic carbocycles. The highest BCUT2D eigenvalue weighted by atomic mass is 127. The van der Waals surface area contributed by atoms with Gasteiger partial charge < -0.3 is 10.6 Å². The van der Waals surface area contributed by atoms with Crippen molar-refractivity contribution in [3.8, 4) is 0 Å². The van der Waals surface area contributed by atoms with Crippen LogP contribution in [0.15, 0.2) is 29.3 Å². The first-order valence-corrected chi connectivity index (χ1v) is 7.27. The number of amides is 2. The Labute approximate surface area is 153 Å². The summed E-state index contributed by atoms with van der Waals surface area (Å²) in [5.41, 5.74) is 0.839. The second-order valence-corrected chi connectivity index (χ2v) is 6.18. The molecule has 0 saturated heterocycles. The number of benzene rings is 1. The molecule has 2 amide bonds. The minimum atomic E-state index is -0.235. The van der Waals surface area contributed by atoms with Crippen LogP contribution in [0.4, 0.5) is 0 Å². The van der Waals surface area contributed by atoms with Crippen LogP contribution in [0, 0.1) is 0 Å². The highest BCUT2D eigenvalue weighted by molar-refractivity contribution is 14.0. The quantitative estimate of drug-likeness (QED) is 0.333. The lowest BCUT2D eigenvalue weighted by Gasteiger charge is -2.24. The lowest BCUT2D eigenvalue weighted by atomic mass is 10.1. The summed E-state index contributed by atoms with van der Waals surface area (Å²) in [5.74, 6) is 0.173. The van der Waals surface area contributed by atoms with E-state index in [1.807, 2.05) is 20.8 Å². The van der Waals surface area contributed by atoms with Crippen molar-refractivity contribution in [2.75, 3.05) is 20.1 Å². The van der Waals surface area contributed by atoms with Crippen LogP contribution in [-0.4, -0.2) is 48.3 Å². The van der Waals surface area contributed by atoms with Gasteiger partial charge in [-0.2, -0.15) is 0 Å². The maximum absolute atomic E-state index is 12.2. The molecule has 1 heterocycles. The number of hydrogen-bond donors (Lipinski definition) is 2. The summed E-state index contributed by atoms with van der Waals surface area (Å²) in [6.45, 7) is 6.84. The molecule has 0 unspecified atom stereocenters. The molecule has 0 radical (unpaired) electrons. The SMILES string of the molecule is CN=C(NCCN1C(=O)c2ccccc2C1=O)NC(C)(C)C.I. The van der Waals surface area contributed by atoms with Gasteiger partial charge in [-0.1, -0.05) is 12.1 Å². The van der Waals surface area contributed by atoms with Crippen LogP contribution in [0.25, 0.3) is 0 Å². The van der Waals surface area contributed by atoms with E-state index in [2.05, 4.69) is 15.6 Å². The van der Waals surface area contributed by atoms with Crippen LogP contribution >= 0.6 is 24.0 Å². The van der Waals surface area contributed by atoms with E-state index in [0.29, 0.717) is 30.2 Å². The first-order chi connectivity index (χ1) is 10.3. The monoisotopic (exact) mass is 430 g/mol. The van der Waals surface area contributed by atoms with Crippen LogP contribution in [0.1, 0.15) is 41.5 Å². The van der Waals surface area contributed by atoms with Gasteiger partial charge in [0.05, 0.1) is 11.1 Å². The Hall–Kier alpha value is -1.64. The Morgan fingerprint density at radius 3 is 2.09 bits per heavy atom. The number of guanidine groups is 1. The number of nitrogens with one attached hydrogen (secondary N) is 2. The molecule has 126 valence electrons. The molecule has 0 spiro atoms. The molecule has 0 saturated carbocycles. The molecule has 0 bridgehead atoms. The van der Waals surface area contributed by atoms with Gasteiger partial charge in [0.2, 0.25) is 0 Å². The number of carbonyl (C=O) groups is 2. The van der Waals surface area contributed by atoms with Crippen LogP contribution in [0.5, 0.6) is 0 Å². The van der Waals surface area contributed by atoms with E-state index in [1.165, 1.54) is 4.90 Å². The van der Waals surface area contributed by atoms with Gasteiger partial charge in [-0.25, -0.2) is 0 Å². The van der Waals surface area contributed by atoms with Crippen molar-refractivity contribution in [3.05, 3.63) is 35.4 Å². The molecule has 6 nitrogen and oxygen atoms in total. The molecule has 1 aromatic carbocycles. The van der Waals surface area contributed by atoms with Gasteiger partial charge in [0, 0.05) is 25.7 Å². The van der Waals surface area contributed by atoms with Crippen molar-refractivity contribution < 1.29 is 9.59 Å². The van der Waals surface area contributed by atoms with Crippen molar-refractivity contribution in [3.63, 3.8) is 0 Å². The number of aliphatic imine (C=N–C) groups is 1. The molecular weight excluding hydrogens is 407 g/mol. The van der Waals surface area contributed by atoms with Crippen molar-refractivity contribution in [1.29, 1.82) is 0 Å². The summed E-state index contributed by atoms with van der Waals surface area (Å²) in [6.07, 6.45) is 0. The molecular formula is C16H23IN4O2. The molecule has 2 rings (SSSR count). The summed E-state index contributed by atoms with van der Waals surface area (Å²) in [6, 6.07) is 6.90. The van der Waals surface area contributed by atoms with Crippen LogP contribution in [0.3, 0.4) is 0 Å². The zero-order valence-corrected chi connectivity index (χ0v) is 16.2. The van der Waals surface area contributed by atoms with E-state index in [1.54, 1.807) is 31.3 Å². The number of fused-ring (bicyclic) bond motifs is 1. The average molecular weight is 430 g/mol. The molecule has 2 N–H and O–H groups in total. The zero-order chi connectivity index (χ0) is 16.3. The Kier molecular flexibility index (Phi) is 6.55. The fraction of sp³-hybridized carbons (Fsp3) is 0.438. The van der Waals surface area contributed by atoms with Gasteiger partial charge >= 0.3 is 0 Å². The maximum Gasteiger partial charge on any atom is 0.261 e. The average Bonchev–Trinajstić information content (AvgIpc) is 2.70. The van der Waals surface area contributed by atoms with Crippen LogP contribution in [0.2, 0.25) is 0 Å². The largest absolute Gasteiger partial charge is 0.355 e. The second kappa shape index (κ2) is 7.76. The van der Waals surface area contributed by atoms with Gasteiger partial charge in [0.25, 0.3) is 11.8 Å². The summed E-state index contributed by atoms with van der Waals surface area (Å²) in [7, 11) is 1.68. The maximum atomic E-state index is 12.2. The van der Waals surface area contributed by atoms with Crippen LogP contribution in [-0.2, 0) is 0 Å². The van der Waals surface area contributed by atoms with Gasteiger partial charge in [-0.05, 0) is 32.9 Å². The summed E-state index contributed by atoms with van der Waals surface area (Å²) in [5, 5.41) is 6.33. The highest BCUT2D eigenvalue weighted by Crippen LogP contribution is 2.21. The number of halogens is 1. The zero-order valence-electron chi connectivity index (χ0n) is 13.8. The molecule has 0 fully saturated rings. The predicted octanol–water partition coefficient (Wildman–Crippen LogP) is 1.86. The number of rotatable bonds is 3. The fourth-order valence-electron chi connectivity index (χ4n) is 2.26. The number of imide groups is 1. The van der Waals surface area contributed by atoms with Gasteiger partial charge in [0.15, 0.2) is 5.96 Å². The van der Waals surface area contributed by atoms with E-state index < -0.39 is 0 Å². The number of hydrogen-bond acceptors (Lipinski definition) is 3. The molecule has 0 aromatic heterocycles. The highest BCUT2D eigenvalue weighted by Gasteiger charge is 2.34. The Morgan fingerprint density at radius 2 is 1.65 bits per heavy atom. The summed E-state index contributed by atoms with van der Waals surface area (Å²) >= 11 is 0. The standard InChI is InChI=1S/C16H22N4O2.HI/c1-16(2,3)19-15(17-4)18-9-10-20-13(21)11-7-5-6-8-12(11)14(20)22;/h5-8H,9-10H2,1-4H3,(H2,17,18,19);1H. The lowest BCUT2D eigenvalue weighted by Crippen LogP contribution is -2.49. The third-order valence-electron chi connectivity index (χ3n) is 3.22. The second-order valence-electron chi connectivity index (χ2n) is 6.18. The first-order valence-electron chi connectivity index (χ1n) is 7.27. The van der Waals surface area contributed by atoms with E-state index >= 15 is 0 Å². The normalized spacial score (nSPS) is 14.4. The van der Waals surface area contributed by atoms with Crippen molar-refractivity contribution in [2.24, 2.45) is 4.99 Å². The fourth-order valence-corrected chi connectivity index (χ4v) is 2.26. The predicted molar refractivity (Wildman–Crippen MR) is 101 cm³/mol. The van der Waals surface area contributed by atoms with Crippen molar-refractivity contribution >= 4 is 41.8 Å². The topological polar surface area (TPSA) is 73.8 Å². The third-order valence-corrected chi connectivity index (χ3v) is 3.22. The smallest absolute Gasteiger partial charge is 0.261 e. The lowest BCUT2D eigenvalue weighted by molar-refractivity contribution is 0.0657. The van der Waals surface area contributed by atoms with Gasteiger partial charge in [0.1, 0.15) is 0 Å². The summed E-state index contributed by atoms with van der Waals surface area (Å²) in [4.78, 5) is 29.8. The van der Waals surface area contributed by atoms with E-state index in [4.69, 9.17) is 0 Å². The molecule has 1 aliphatic heterocycles. The molecule has 1 aliphatic rings. The molecule has 0 atom stereocenters. The van der Waals surface area contributed by atoms with E-state index in [9.17, 15) is 9.59 Å². The molecule has 7 heteroatoms. The number of carbonyl (C=O) groups excluding carboxylic acids is 2. The first kappa shape index (κ1) is 19.4. The van der Waals surface area contributed by atoms with Crippen molar-refractivity contribution in [2.45, 2.75) is 26.3 Å². The number of nitrogens with zero attached hydrogens (tertiary/aromatic N) is 2. The van der Waals surface area contributed by atoms with Gasteiger partial charge in [-0.15, -0.1) is 24.0 Å². The molecule has 23 heavy (non-hydrogen) atoms. The third kappa shape index (κ3) is 4.66. The van der Waals surface area contributed by atoms with Crippen molar-refractivity contribution in [1.82, 2.24) is 15.5 Å². The Balaban J connectivity index is 0.00000264. The minimum absolute atomic E-state index is 0. The minimum Gasteiger partial charge on any atom is -0.355 e. The Morgan fingerprint density at radius 1 is 1.13 bits per heavy atom. The van der Waals surface area contributed by atoms with E-state index in [0.717, 1.165) is 0 Å². The molecule has 1 aromatic rings. The van der Waals surface area contributed by atoms with Gasteiger partial charge in [-0.3, -0.25) is 19.5 Å².